The molecule has 5 nitrogen and oxygen atoms in total. The summed E-state index contributed by atoms with van der Waals surface area (Å²) in [5, 5.41) is 18.0. The number of aliphatic carboxylic acids is 1. The average Bonchev–Trinajstić information content (AvgIpc) is 2.36. The van der Waals surface area contributed by atoms with E-state index in [1.807, 2.05) is 36.1 Å². The number of aliphatic hydroxyl groups is 1. The zero-order valence-corrected chi connectivity index (χ0v) is 11.2. The van der Waals surface area contributed by atoms with Gasteiger partial charge in [0.05, 0.1) is 6.54 Å². The van der Waals surface area contributed by atoms with E-state index in [-0.39, 0.29) is 5.57 Å². The van der Waals surface area contributed by atoms with Gasteiger partial charge >= 0.3 is 5.97 Å². The van der Waals surface area contributed by atoms with Crippen LogP contribution in [0.3, 0.4) is 0 Å². The summed E-state index contributed by atoms with van der Waals surface area (Å²) in [6.45, 7) is 4.63. The lowest BCUT2D eigenvalue weighted by Gasteiger charge is -2.24. The van der Waals surface area contributed by atoms with Crippen LogP contribution in [-0.2, 0) is 4.79 Å². The number of carbonyl (C=O) groups is 1. The van der Waals surface area contributed by atoms with E-state index < -0.39 is 12.2 Å². The van der Waals surface area contributed by atoms with Crippen LogP contribution >= 0.6 is 0 Å². The molecule has 1 unspecified atom stereocenters. The number of hydrogen-bond donors (Lipinski definition) is 3. The molecule has 104 valence electrons. The molecule has 0 aliphatic carbocycles. The summed E-state index contributed by atoms with van der Waals surface area (Å²) in [6, 6.07) is 7.44. The Balaban J connectivity index is 2.86. The molecule has 0 aromatic heterocycles. The molecule has 0 bridgehead atoms. The predicted octanol–water partition coefficient (Wildman–Crippen LogP) is 1.28. The molecule has 0 fully saturated rings. The fraction of sp³-hybridized carbons (Fsp3) is 0.357. The van der Waals surface area contributed by atoms with Crippen molar-refractivity contribution in [3.8, 4) is 0 Å². The van der Waals surface area contributed by atoms with Crippen molar-refractivity contribution in [3.05, 3.63) is 35.4 Å². The summed E-state index contributed by atoms with van der Waals surface area (Å²) in [4.78, 5) is 12.7. The van der Waals surface area contributed by atoms with Crippen molar-refractivity contribution < 1.29 is 15.0 Å². The average molecular weight is 264 g/mol. The maximum Gasteiger partial charge on any atom is 0.331 e. The van der Waals surface area contributed by atoms with Crippen LogP contribution in [0.1, 0.15) is 19.4 Å². The maximum absolute atomic E-state index is 10.7. The van der Waals surface area contributed by atoms with Crippen LogP contribution in [0.2, 0.25) is 0 Å². The molecule has 1 aromatic carbocycles. The first-order chi connectivity index (χ1) is 8.93. The van der Waals surface area contributed by atoms with Gasteiger partial charge < -0.3 is 20.8 Å². The summed E-state index contributed by atoms with van der Waals surface area (Å²) >= 11 is 0. The Morgan fingerprint density at radius 1 is 1.42 bits per heavy atom. The zero-order chi connectivity index (χ0) is 14.4. The van der Waals surface area contributed by atoms with E-state index in [2.05, 4.69) is 0 Å². The second kappa shape index (κ2) is 6.92. The van der Waals surface area contributed by atoms with Crippen LogP contribution in [0.5, 0.6) is 0 Å². The highest BCUT2D eigenvalue weighted by Crippen LogP contribution is 2.17. The fourth-order valence-electron chi connectivity index (χ4n) is 1.74. The Labute approximate surface area is 113 Å². The normalized spacial score (nSPS) is 13.2. The van der Waals surface area contributed by atoms with Gasteiger partial charge in [0.15, 0.2) is 0 Å². The van der Waals surface area contributed by atoms with Crippen molar-refractivity contribution in [2.75, 3.05) is 18.0 Å². The van der Waals surface area contributed by atoms with Crippen LogP contribution in [0, 0.1) is 0 Å². The zero-order valence-electron chi connectivity index (χ0n) is 11.2. The third kappa shape index (κ3) is 4.73. The molecule has 1 aromatic rings. The highest BCUT2D eigenvalue weighted by Gasteiger charge is 2.07. The van der Waals surface area contributed by atoms with Crippen molar-refractivity contribution in [1.82, 2.24) is 0 Å². The minimum Gasteiger partial charge on any atom is -0.478 e. The molecule has 0 amide bonds. The van der Waals surface area contributed by atoms with Crippen LogP contribution in [0.25, 0.3) is 6.08 Å². The molecular formula is C14H20N2O3. The van der Waals surface area contributed by atoms with Gasteiger partial charge in [0.2, 0.25) is 0 Å². The van der Waals surface area contributed by atoms with E-state index in [1.165, 1.54) is 0 Å². The number of benzene rings is 1. The number of anilines is 1. The van der Waals surface area contributed by atoms with E-state index in [1.54, 1.807) is 13.0 Å². The van der Waals surface area contributed by atoms with Crippen molar-refractivity contribution in [2.24, 2.45) is 5.73 Å². The minimum absolute atomic E-state index is 0.289. The number of rotatable bonds is 6. The quantitative estimate of drug-likeness (QED) is 0.532. The van der Waals surface area contributed by atoms with Gasteiger partial charge in [-0.25, -0.2) is 4.79 Å². The number of nitrogens with two attached hydrogens (primary N) is 1. The van der Waals surface area contributed by atoms with Crippen molar-refractivity contribution in [1.29, 1.82) is 0 Å². The molecule has 1 rings (SSSR count). The topological polar surface area (TPSA) is 86.8 Å². The lowest BCUT2D eigenvalue weighted by Crippen LogP contribution is -2.37. The van der Waals surface area contributed by atoms with Crippen molar-refractivity contribution in [3.63, 3.8) is 0 Å². The van der Waals surface area contributed by atoms with Crippen molar-refractivity contribution in [2.45, 2.75) is 20.1 Å². The number of likely N-dealkylation sites (N-methyl/N-ethyl adjacent to an activating group) is 1. The summed E-state index contributed by atoms with van der Waals surface area (Å²) in [6.07, 6.45) is 0.731. The molecule has 0 aliphatic heterocycles. The van der Waals surface area contributed by atoms with Crippen LogP contribution in [0.15, 0.2) is 29.8 Å². The molecular weight excluding hydrogens is 244 g/mol. The third-order valence-corrected chi connectivity index (χ3v) is 2.77. The minimum atomic E-state index is -0.925. The number of carboxylic acids is 1. The smallest absolute Gasteiger partial charge is 0.331 e. The van der Waals surface area contributed by atoms with Gasteiger partial charge in [0.25, 0.3) is 0 Å². The van der Waals surface area contributed by atoms with E-state index in [4.69, 9.17) is 10.8 Å². The molecule has 1 atom stereocenters. The van der Waals surface area contributed by atoms with Crippen molar-refractivity contribution >= 4 is 17.7 Å². The Morgan fingerprint density at radius 3 is 2.42 bits per heavy atom. The van der Waals surface area contributed by atoms with Gasteiger partial charge in [-0.2, -0.15) is 0 Å². The second-order valence-electron chi connectivity index (χ2n) is 4.33. The first-order valence-corrected chi connectivity index (χ1v) is 6.14. The second-order valence-corrected chi connectivity index (χ2v) is 4.33. The number of nitrogens with zero attached hydrogens (tertiary/aromatic N) is 1. The van der Waals surface area contributed by atoms with Gasteiger partial charge in [-0.05, 0) is 37.6 Å². The van der Waals surface area contributed by atoms with Gasteiger partial charge in [-0.3, -0.25) is 0 Å². The van der Waals surface area contributed by atoms with Gasteiger partial charge in [-0.1, -0.05) is 12.1 Å². The molecule has 0 radical (unpaired) electrons. The van der Waals surface area contributed by atoms with Gasteiger partial charge in [0.1, 0.15) is 6.23 Å². The summed E-state index contributed by atoms with van der Waals surface area (Å²) in [7, 11) is 0. The molecule has 0 saturated heterocycles. The van der Waals surface area contributed by atoms with Gasteiger partial charge in [-0.15, -0.1) is 0 Å². The molecule has 0 saturated carbocycles. The summed E-state index contributed by atoms with van der Waals surface area (Å²) in [5.74, 6) is -0.925. The van der Waals surface area contributed by atoms with Crippen LogP contribution < -0.4 is 10.6 Å². The summed E-state index contributed by atoms with van der Waals surface area (Å²) < 4.78 is 0. The number of aliphatic hydroxyl groups excluding tert-OH is 1. The third-order valence-electron chi connectivity index (χ3n) is 2.77. The molecule has 0 heterocycles. The largest absolute Gasteiger partial charge is 0.478 e. The first kappa shape index (κ1) is 15.2. The Hall–Kier alpha value is -1.85. The molecule has 19 heavy (non-hydrogen) atoms. The van der Waals surface area contributed by atoms with Crippen LogP contribution in [0.4, 0.5) is 5.69 Å². The van der Waals surface area contributed by atoms with E-state index in [0.717, 1.165) is 17.8 Å². The van der Waals surface area contributed by atoms with E-state index in [0.29, 0.717) is 6.54 Å². The van der Waals surface area contributed by atoms with Gasteiger partial charge in [0, 0.05) is 17.8 Å². The standard InChI is InChI=1S/C14H20N2O3/c1-3-16(9-13(15)17)12-6-4-11(5-7-12)8-10(2)14(18)19/h4-8,13,17H,3,9,15H2,1-2H3,(H,18,19). The molecule has 4 N–H and O–H groups in total. The van der Waals surface area contributed by atoms with E-state index in [9.17, 15) is 9.90 Å². The highest BCUT2D eigenvalue weighted by atomic mass is 16.4. The lowest BCUT2D eigenvalue weighted by molar-refractivity contribution is -0.132. The molecule has 0 spiro atoms. The number of hydrogen-bond acceptors (Lipinski definition) is 4. The Bertz CT molecular complexity index is 452. The maximum atomic E-state index is 10.7. The predicted molar refractivity (Wildman–Crippen MR) is 75.8 cm³/mol. The lowest BCUT2D eigenvalue weighted by atomic mass is 10.1. The number of carboxylic acid groups (broad SMARTS) is 1. The fourth-order valence-corrected chi connectivity index (χ4v) is 1.74. The Morgan fingerprint density at radius 2 is 2.00 bits per heavy atom. The van der Waals surface area contributed by atoms with Crippen LogP contribution in [-0.4, -0.2) is 35.5 Å². The highest BCUT2D eigenvalue weighted by molar-refractivity contribution is 5.91. The Kier molecular flexibility index (Phi) is 5.54. The first-order valence-electron chi connectivity index (χ1n) is 6.14. The molecule has 5 heteroatoms. The van der Waals surface area contributed by atoms with E-state index >= 15 is 0 Å². The SMILES string of the molecule is CCN(CC(N)O)c1ccc(C=C(C)C(=O)O)cc1. The molecule has 0 aliphatic rings. The monoisotopic (exact) mass is 264 g/mol. The summed E-state index contributed by atoms with van der Waals surface area (Å²) in [5.41, 5.74) is 7.43.